The number of pyridine rings is 1. The topological polar surface area (TPSA) is 68.7 Å². The fourth-order valence-corrected chi connectivity index (χ4v) is 1.18. The van der Waals surface area contributed by atoms with Crippen LogP contribution in [0.5, 0.6) is 5.75 Å². The molecule has 1 heterocycles. The molecule has 0 amide bonds. The average Bonchev–Trinajstić information content (AvgIpc) is 2.33. The van der Waals surface area contributed by atoms with Gasteiger partial charge in [-0.3, -0.25) is 4.98 Å². The van der Waals surface area contributed by atoms with E-state index in [-0.39, 0.29) is 6.10 Å². The minimum atomic E-state index is -0.997. The highest BCUT2D eigenvalue weighted by Gasteiger charge is 1.97. The molecule has 0 aromatic carbocycles. The first-order chi connectivity index (χ1) is 8.58. The molecule has 0 radical (unpaired) electrons. The maximum atomic E-state index is 10.3. The molecule has 1 aromatic heterocycles. The Hall–Kier alpha value is -1.88. The minimum absolute atomic E-state index is 0.190. The fourth-order valence-electron chi connectivity index (χ4n) is 1.18. The third-order valence-corrected chi connectivity index (χ3v) is 1.96. The van der Waals surface area contributed by atoms with Crippen LogP contribution in [0.15, 0.2) is 24.4 Å². The SMILES string of the molecule is CC(C)OCCOc1ccc(C=CC(=O)O)nc1. The maximum Gasteiger partial charge on any atom is 0.328 e. The highest BCUT2D eigenvalue weighted by molar-refractivity contribution is 5.84. The molecule has 98 valence electrons. The zero-order valence-electron chi connectivity index (χ0n) is 10.5. The lowest BCUT2D eigenvalue weighted by Crippen LogP contribution is -2.11. The van der Waals surface area contributed by atoms with Crippen molar-refractivity contribution in [3.63, 3.8) is 0 Å². The Morgan fingerprint density at radius 1 is 1.44 bits per heavy atom. The zero-order chi connectivity index (χ0) is 13.4. The van der Waals surface area contributed by atoms with Crippen molar-refractivity contribution in [2.24, 2.45) is 0 Å². The highest BCUT2D eigenvalue weighted by Crippen LogP contribution is 2.09. The van der Waals surface area contributed by atoms with Gasteiger partial charge >= 0.3 is 5.97 Å². The monoisotopic (exact) mass is 251 g/mol. The van der Waals surface area contributed by atoms with Crippen molar-refractivity contribution in [3.8, 4) is 5.75 Å². The highest BCUT2D eigenvalue weighted by atomic mass is 16.5. The number of hydrogen-bond donors (Lipinski definition) is 1. The van der Waals surface area contributed by atoms with Gasteiger partial charge in [-0.1, -0.05) is 0 Å². The van der Waals surface area contributed by atoms with E-state index in [2.05, 4.69) is 4.98 Å². The van der Waals surface area contributed by atoms with Gasteiger partial charge < -0.3 is 14.6 Å². The van der Waals surface area contributed by atoms with E-state index in [9.17, 15) is 4.79 Å². The Kier molecular flexibility index (Phi) is 5.87. The Morgan fingerprint density at radius 3 is 2.78 bits per heavy atom. The maximum absolute atomic E-state index is 10.3. The lowest BCUT2D eigenvalue weighted by atomic mass is 10.3. The summed E-state index contributed by atoms with van der Waals surface area (Å²) in [6.45, 7) is 4.92. The molecule has 0 unspecified atom stereocenters. The normalized spacial score (nSPS) is 11.1. The second-order valence-electron chi connectivity index (χ2n) is 3.86. The van der Waals surface area contributed by atoms with E-state index >= 15 is 0 Å². The molecule has 0 aliphatic heterocycles. The number of rotatable bonds is 7. The fraction of sp³-hybridized carbons (Fsp3) is 0.385. The van der Waals surface area contributed by atoms with Gasteiger partial charge in [0.05, 0.1) is 24.6 Å². The van der Waals surface area contributed by atoms with E-state index in [0.717, 1.165) is 6.08 Å². The Balaban J connectivity index is 2.38. The molecule has 0 aliphatic carbocycles. The van der Waals surface area contributed by atoms with Gasteiger partial charge in [-0.25, -0.2) is 4.79 Å². The van der Waals surface area contributed by atoms with Crippen LogP contribution in [0.2, 0.25) is 0 Å². The molecule has 0 fully saturated rings. The predicted octanol–water partition coefficient (Wildman–Crippen LogP) is 1.98. The first-order valence-corrected chi connectivity index (χ1v) is 5.69. The lowest BCUT2D eigenvalue weighted by molar-refractivity contribution is -0.131. The number of carboxylic acid groups (broad SMARTS) is 1. The predicted molar refractivity (Wildman–Crippen MR) is 67.5 cm³/mol. The van der Waals surface area contributed by atoms with Crippen molar-refractivity contribution in [3.05, 3.63) is 30.1 Å². The third-order valence-electron chi connectivity index (χ3n) is 1.96. The van der Waals surface area contributed by atoms with E-state index in [1.165, 1.54) is 6.08 Å². The summed E-state index contributed by atoms with van der Waals surface area (Å²) < 4.78 is 10.7. The molecule has 0 bridgehead atoms. The van der Waals surface area contributed by atoms with Gasteiger partial charge in [-0.15, -0.1) is 0 Å². The van der Waals surface area contributed by atoms with E-state index in [4.69, 9.17) is 14.6 Å². The molecule has 1 N–H and O–H groups in total. The van der Waals surface area contributed by atoms with E-state index < -0.39 is 5.97 Å². The summed E-state index contributed by atoms with van der Waals surface area (Å²) in [5.74, 6) is -0.363. The van der Waals surface area contributed by atoms with Crippen LogP contribution in [-0.4, -0.2) is 35.4 Å². The number of nitrogens with zero attached hydrogens (tertiary/aromatic N) is 1. The Morgan fingerprint density at radius 2 is 2.22 bits per heavy atom. The van der Waals surface area contributed by atoms with E-state index in [1.807, 2.05) is 13.8 Å². The third kappa shape index (κ3) is 6.00. The van der Waals surface area contributed by atoms with Gasteiger partial charge in [-0.2, -0.15) is 0 Å². The first kappa shape index (κ1) is 14.2. The average molecular weight is 251 g/mol. The quantitative estimate of drug-likeness (QED) is 0.592. The summed E-state index contributed by atoms with van der Waals surface area (Å²) in [4.78, 5) is 14.4. The number of carboxylic acids is 1. The van der Waals surface area contributed by atoms with Crippen LogP contribution < -0.4 is 4.74 Å². The number of aromatic nitrogens is 1. The van der Waals surface area contributed by atoms with Crippen LogP contribution >= 0.6 is 0 Å². The molecule has 5 nitrogen and oxygen atoms in total. The molecular weight excluding hydrogens is 234 g/mol. The second kappa shape index (κ2) is 7.45. The van der Waals surface area contributed by atoms with Crippen molar-refractivity contribution in [1.82, 2.24) is 4.98 Å². The molecule has 0 spiro atoms. The Bertz CT molecular complexity index is 398. The second-order valence-corrected chi connectivity index (χ2v) is 3.86. The summed E-state index contributed by atoms with van der Waals surface area (Å²) >= 11 is 0. The molecule has 0 aliphatic rings. The standard InChI is InChI=1S/C13H17NO4/c1-10(2)17-7-8-18-12-5-3-11(14-9-12)4-6-13(15)16/h3-6,9-10H,7-8H2,1-2H3,(H,15,16). The zero-order valence-corrected chi connectivity index (χ0v) is 10.5. The van der Waals surface area contributed by atoms with Gasteiger partial charge in [0.2, 0.25) is 0 Å². The van der Waals surface area contributed by atoms with Crippen molar-refractivity contribution >= 4 is 12.0 Å². The number of aliphatic carboxylic acids is 1. The van der Waals surface area contributed by atoms with Crippen molar-refractivity contribution in [2.45, 2.75) is 20.0 Å². The molecule has 1 rings (SSSR count). The van der Waals surface area contributed by atoms with Crippen molar-refractivity contribution in [1.29, 1.82) is 0 Å². The van der Waals surface area contributed by atoms with Crippen LogP contribution in [-0.2, 0) is 9.53 Å². The number of carbonyl (C=O) groups is 1. The molecular formula is C13H17NO4. The van der Waals surface area contributed by atoms with Crippen molar-refractivity contribution in [2.75, 3.05) is 13.2 Å². The molecule has 18 heavy (non-hydrogen) atoms. The smallest absolute Gasteiger partial charge is 0.328 e. The summed E-state index contributed by atoms with van der Waals surface area (Å²) in [6, 6.07) is 3.43. The van der Waals surface area contributed by atoms with E-state index in [0.29, 0.717) is 24.7 Å². The summed E-state index contributed by atoms with van der Waals surface area (Å²) in [5.41, 5.74) is 0.572. The van der Waals surface area contributed by atoms with Crippen LogP contribution in [0.1, 0.15) is 19.5 Å². The summed E-state index contributed by atoms with van der Waals surface area (Å²) in [7, 11) is 0. The van der Waals surface area contributed by atoms with Crippen LogP contribution in [0.4, 0.5) is 0 Å². The van der Waals surface area contributed by atoms with E-state index in [1.54, 1.807) is 18.3 Å². The van der Waals surface area contributed by atoms with Gasteiger partial charge in [0, 0.05) is 6.08 Å². The van der Waals surface area contributed by atoms with Gasteiger partial charge in [0.15, 0.2) is 0 Å². The largest absolute Gasteiger partial charge is 0.490 e. The van der Waals surface area contributed by atoms with Crippen LogP contribution in [0, 0.1) is 0 Å². The van der Waals surface area contributed by atoms with Gasteiger partial charge in [0.25, 0.3) is 0 Å². The van der Waals surface area contributed by atoms with Crippen LogP contribution in [0.25, 0.3) is 6.08 Å². The van der Waals surface area contributed by atoms with Gasteiger partial charge in [0.1, 0.15) is 12.4 Å². The molecule has 1 aromatic rings. The minimum Gasteiger partial charge on any atom is -0.490 e. The molecule has 5 heteroatoms. The first-order valence-electron chi connectivity index (χ1n) is 5.69. The van der Waals surface area contributed by atoms with Crippen LogP contribution in [0.3, 0.4) is 0 Å². The Labute approximate surface area is 106 Å². The summed E-state index contributed by atoms with van der Waals surface area (Å²) in [6.07, 6.45) is 4.21. The number of ether oxygens (including phenoxy) is 2. The lowest BCUT2D eigenvalue weighted by Gasteiger charge is -2.08. The molecule has 0 saturated heterocycles. The van der Waals surface area contributed by atoms with Gasteiger partial charge in [-0.05, 0) is 32.1 Å². The number of hydrogen-bond acceptors (Lipinski definition) is 4. The van der Waals surface area contributed by atoms with Crippen molar-refractivity contribution < 1.29 is 19.4 Å². The molecule has 0 saturated carbocycles. The molecule has 0 atom stereocenters. The summed E-state index contributed by atoms with van der Waals surface area (Å²) in [5, 5.41) is 8.46.